The van der Waals surface area contributed by atoms with Crippen molar-refractivity contribution in [2.75, 3.05) is 6.61 Å². The molecule has 276 valence electrons. The Labute approximate surface area is 298 Å². The minimum atomic E-state index is -2.36. The third-order valence-electron chi connectivity index (χ3n) is 12.2. The van der Waals surface area contributed by atoms with E-state index in [9.17, 15) is 4.79 Å². The van der Waals surface area contributed by atoms with Gasteiger partial charge in [-0.2, -0.15) is 0 Å². The van der Waals surface area contributed by atoms with E-state index in [2.05, 4.69) is 152 Å². The molecule has 12 heteroatoms. The number of amides is 1. The molecule has 2 heterocycles. The zero-order valence-corrected chi connectivity index (χ0v) is 38.3. The van der Waals surface area contributed by atoms with Crippen molar-refractivity contribution in [1.82, 2.24) is 9.55 Å². The van der Waals surface area contributed by atoms with Gasteiger partial charge in [0.1, 0.15) is 24.0 Å². The van der Waals surface area contributed by atoms with E-state index in [-0.39, 0.29) is 25.8 Å². The van der Waals surface area contributed by atoms with Crippen LogP contribution in [0.5, 0.6) is 0 Å². The molecule has 8 nitrogen and oxygen atoms in total. The smallest absolute Gasteiger partial charge is 0.270 e. The number of nitrogens with two attached hydrogens (primary N) is 1. The molecule has 48 heavy (non-hydrogen) atoms. The predicted octanol–water partition coefficient (Wildman–Crippen LogP) is 9.54. The molecule has 0 aliphatic carbocycles. The second-order valence-electron chi connectivity index (χ2n) is 20.1. The van der Waals surface area contributed by atoms with Crippen LogP contribution in [0.1, 0.15) is 105 Å². The Morgan fingerprint density at radius 2 is 1.25 bits per heavy atom. The lowest BCUT2D eigenvalue weighted by Gasteiger charge is -2.44. The molecule has 0 radical (unpaired) electrons. The lowest BCUT2D eigenvalue weighted by Crippen LogP contribution is -2.54. The first kappa shape index (κ1) is 43.1. The third kappa shape index (κ3) is 9.63. The van der Waals surface area contributed by atoms with Crippen molar-refractivity contribution in [2.45, 2.75) is 186 Å². The molecular weight excluding hydrogens is 667 g/mol. The summed E-state index contributed by atoms with van der Waals surface area (Å²) in [5.74, 6) is 6.17. The lowest BCUT2D eigenvalue weighted by molar-refractivity contribution is -0.0491. The van der Waals surface area contributed by atoms with Crippen LogP contribution >= 0.6 is 0 Å². The first-order chi connectivity index (χ1) is 21.2. The SMILES string of the molecule is CC(C)(C)[Si](C)(C)CC#Cc1c(C(N)=O)ncn1[C@@H]1O[C@H](CO[Si](C)(C)C(C)(C)C)[C@@H](O[Si](C)(C)C(C)(C)C)[C@H]1O[Si](C)(C)C(C)(C)C. The Morgan fingerprint density at radius 1 is 0.792 bits per heavy atom. The number of nitrogens with zero attached hydrogens (tertiary/aromatic N) is 2. The van der Waals surface area contributed by atoms with Gasteiger partial charge < -0.3 is 23.7 Å². The van der Waals surface area contributed by atoms with Crippen molar-refractivity contribution in [3.05, 3.63) is 17.7 Å². The van der Waals surface area contributed by atoms with Crippen molar-refractivity contribution in [3.8, 4) is 11.8 Å². The van der Waals surface area contributed by atoms with Crippen LogP contribution in [0.4, 0.5) is 0 Å². The monoisotopic (exact) mass is 737 g/mol. The van der Waals surface area contributed by atoms with Crippen molar-refractivity contribution in [1.29, 1.82) is 0 Å². The average Bonchev–Trinajstić information content (AvgIpc) is 3.41. The van der Waals surface area contributed by atoms with Crippen molar-refractivity contribution in [3.63, 3.8) is 0 Å². The van der Waals surface area contributed by atoms with E-state index in [1.165, 1.54) is 0 Å². The Hall–Kier alpha value is -1.05. The Morgan fingerprint density at radius 3 is 1.67 bits per heavy atom. The number of aromatic nitrogens is 2. The third-order valence-corrected chi connectivity index (χ3v) is 30.8. The van der Waals surface area contributed by atoms with Gasteiger partial charge in [0.25, 0.3) is 5.91 Å². The first-order valence-electron chi connectivity index (χ1n) is 17.7. The molecule has 1 fully saturated rings. The summed E-state index contributed by atoms with van der Waals surface area (Å²) in [5.41, 5.74) is 6.51. The number of hydrogen-bond acceptors (Lipinski definition) is 6. The van der Waals surface area contributed by atoms with Gasteiger partial charge >= 0.3 is 0 Å². The normalized spacial score (nSPS) is 22.1. The number of hydrogen-bond donors (Lipinski definition) is 1. The molecular formula is C36H71N3O5Si4. The Bertz CT molecular complexity index is 1350. The van der Waals surface area contributed by atoms with E-state index in [0.717, 1.165) is 6.04 Å². The topological polar surface area (TPSA) is 97.8 Å². The van der Waals surface area contributed by atoms with E-state index < -0.39 is 63.5 Å². The van der Waals surface area contributed by atoms with Crippen molar-refractivity contribution < 1.29 is 22.8 Å². The molecule has 0 saturated carbocycles. The summed E-state index contributed by atoms with van der Waals surface area (Å²) in [6.07, 6.45) is -0.282. The maximum absolute atomic E-state index is 12.7. The van der Waals surface area contributed by atoms with Crippen LogP contribution in [0.25, 0.3) is 0 Å². The predicted molar refractivity (Wildman–Crippen MR) is 211 cm³/mol. The van der Waals surface area contributed by atoms with E-state index in [1.807, 2.05) is 4.57 Å². The molecule has 1 aromatic rings. The van der Waals surface area contributed by atoms with Crippen LogP contribution in [0, 0.1) is 11.8 Å². The second-order valence-corrected chi connectivity index (χ2v) is 40.1. The molecule has 0 spiro atoms. The molecule has 4 atom stereocenters. The second kappa shape index (κ2) is 14.2. The molecule has 1 aromatic heterocycles. The van der Waals surface area contributed by atoms with Gasteiger partial charge in [-0.3, -0.25) is 9.36 Å². The number of imidazole rings is 1. The molecule has 0 aromatic carbocycles. The van der Waals surface area contributed by atoms with Crippen LogP contribution in [0.3, 0.4) is 0 Å². The molecule has 0 unspecified atom stereocenters. The largest absolute Gasteiger partial charge is 0.414 e. The quantitative estimate of drug-likeness (QED) is 0.190. The van der Waals surface area contributed by atoms with Crippen LogP contribution in [0.2, 0.25) is 78.6 Å². The van der Waals surface area contributed by atoms with Crippen LogP contribution in [-0.2, 0) is 18.0 Å². The molecule has 1 aliphatic rings. The highest BCUT2D eigenvalue weighted by Gasteiger charge is 2.55. The first-order valence-corrected chi connectivity index (χ1v) is 29.6. The van der Waals surface area contributed by atoms with Gasteiger partial charge in [-0.05, 0) is 65.4 Å². The van der Waals surface area contributed by atoms with Crippen LogP contribution in [-0.4, -0.2) is 73.4 Å². The van der Waals surface area contributed by atoms with Crippen LogP contribution in [0.15, 0.2) is 6.33 Å². The van der Waals surface area contributed by atoms with Gasteiger partial charge in [-0.15, -0.1) is 0 Å². The minimum Gasteiger partial charge on any atom is -0.414 e. The summed E-state index contributed by atoms with van der Waals surface area (Å²) in [6, 6.07) is 0.773. The van der Waals surface area contributed by atoms with Gasteiger partial charge in [0, 0.05) is 6.04 Å². The highest BCUT2D eigenvalue weighted by atomic mass is 28.4. The summed E-state index contributed by atoms with van der Waals surface area (Å²) < 4.78 is 30.4. The molecule has 0 bridgehead atoms. The zero-order valence-electron chi connectivity index (χ0n) is 34.3. The average molecular weight is 738 g/mol. The summed E-state index contributed by atoms with van der Waals surface area (Å²) in [6.45, 7) is 45.7. The van der Waals surface area contributed by atoms with Gasteiger partial charge in [0.15, 0.2) is 36.9 Å². The zero-order chi connectivity index (χ0) is 37.7. The number of primary amides is 1. The van der Waals surface area contributed by atoms with E-state index in [4.69, 9.17) is 23.7 Å². The summed E-state index contributed by atoms with van der Waals surface area (Å²) in [5, 5.41) is 0.113. The fourth-order valence-corrected chi connectivity index (χ4v) is 9.03. The number of rotatable bonds is 10. The fraction of sp³-hybridized carbons (Fsp3) is 0.833. The maximum Gasteiger partial charge on any atom is 0.270 e. The highest BCUT2D eigenvalue weighted by molar-refractivity contribution is 6.80. The number of carbonyl (C=O) groups excluding carboxylic acids is 1. The molecule has 2 N–H and O–H groups in total. The summed E-state index contributed by atoms with van der Waals surface area (Å²) >= 11 is 0. The van der Waals surface area contributed by atoms with E-state index in [1.54, 1.807) is 6.33 Å². The Balaban J connectivity index is 2.83. The fourth-order valence-electron chi connectivity index (χ4n) is 4.35. The van der Waals surface area contributed by atoms with E-state index >= 15 is 0 Å². The number of carbonyl (C=O) groups is 1. The van der Waals surface area contributed by atoms with E-state index in [0.29, 0.717) is 12.3 Å². The van der Waals surface area contributed by atoms with Gasteiger partial charge in [0.2, 0.25) is 0 Å². The van der Waals surface area contributed by atoms with Gasteiger partial charge in [-0.1, -0.05) is 102 Å². The Kier molecular flexibility index (Phi) is 12.7. The lowest BCUT2D eigenvalue weighted by atomic mass is 10.1. The van der Waals surface area contributed by atoms with Gasteiger partial charge in [-0.25, -0.2) is 4.98 Å². The van der Waals surface area contributed by atoms with Crippen molar-refractivity contribution in [2.24, 2.45) is 5.73 Å². The molecule has 2 rings (SSSR count). The van der Waals surface area contributed by atoms with Crippen LogP contribution < -0.4 is 5.73 Å². The van der Waals surface area contributed by atoms with Gasteiger partial charge in [0.05, 0.1) is 21.0 Å². The summed E-state index contributed by atoms with van der Waals surface area (Å²) in [7, 11) is -8.51. The maximum atomic E-state index is 12.7. The standard InChI is InChI=1S/C36H71N3O5Si4/c1-33(2,3)45(13,14)23-21-22-26-28(31(37)40)38-25-39(26)32-30(44-48(19,20)36(10,11)12)29(43-47(17,18)35(7,8)9)27(42-32)24-41-46(15,16)34(4,5)6/h25,27,29-30,32H,23-24H2,1-20H3,(H2,37,40)/t27-,29-,30-,32-/m1/s1. The van der Waals surface area contributed by atoms with Crippen molar-refractivity contribution >= 4 is 38.9 Å². The molecule has 1 saturated heterocycles. The number of ether oxygens (including phenoxy) is 1. The minimum absolute atomic E-state index is 0.0332. The summed E-state index contributed by atoms with van der Waals surface area (Å²) in [4.78, 5) is 17.2. The molecule has 1 aliphatic heterocycles. The highest BCUT2D eigenvalue weighted by Crippen LogP contribution is 2.47. The molecule has 1 amide bonds.